The van der Waals surface area contributed by atoms with Crippen LogP contribution in [0.15, 0.2) is 30.3 Å². The van der Waals surface area contributed by atoms with E-state index >= 15 is 0 Å². The number of benzene rings is 1. The van der Waals surface area contributed by atoms with Crippen molar-refractivity contribution in [2.24, 2.45) is 0 Å². The zero-order valence-corrected chi connectivity index (χ0v) is 13.7. The molecule has 0 aliphatic rings. The van der Waals surface area contributed by atoms with Crippen molar-refractivity contribution in [2.75, 3.05) is 0 Å². The summed E-state index contributed by atoms with van der Waals surface area (Å²) in [4.78, 5) is 0. The minimum atomic E-state index is -2.39. The second-order valence-corrected chi connectivity index (χ2v) is 35.5. The summed E-state index contributed by atoms with van der Waals surface area (Å²) in [5.41, 5.74) is 0. The monoisotopic (exact) mass is 423 g/mol. The molecule has 1 aromatic rings. The quantitative estimate of drug-likeness (QED) is 0.538. The third-order valence-electron chi connectivity index (χ3n) is 1.98. The van der Waals surface area contributed by atoms with Gasteiger partial charge < -0.3 is 0 Å². The number of nitriles is 1. The van der Waals surface area contributed by atoms with E-state index in [-0.39, 0.29) is 0 Å². The molecule has 0 amide bonds. The van der Waals surface area contributed by atoms with E-state index in [0.717, 1.165) is 10.9 Å². The molecule has 0 heterocycles. The molecule has 0 unspecified atom stereocenters. The number of nitrogens with zero attached hydrogens (tertiary/aromatic N) is 1. The summed E-state index contributed by atoms with van der Waals surface area (Å²) >= 11 is 5.28. The van der Waals surface area contributed by atoms with E-state index in [9.17, 15) is 0 Å². The summed E-state index contributed by atoms with van der Waals surface area (Å²) in [6.07, 6.45) is 1.64. The Balaban J connectivity index is 2.62. The van der Waals surface area contributed by atoms with Crippen molar-refractivity contribution in [2.45, 2.75) is 17.3 Å². The van der Waals surface area contributed by atoms with Crippen LogP contribution >= 0.6 is 25.4 Å². The molecule has 0 N–H and O–H groups in total. The van der Waals surface area contributed by atoms with Crippen LogP contribution in [0.2, 0.25) is 4.44 Å². The van der Waals surface area contributed by atoms with E-state index in [1.54, 1.807) is 0 Å². The summed E-state index contributed by atoms with van der Waals surface area (Å²) in [5.74, 6) is 0. The van der Waals surface area contributed by atoms with Crippen molar-refractivity contribution in [3.63, 3.8) is 0 Å². The van der Waals surface area contributed by atoms with Crippen molar-refractivity contribution in [3.05, 3.63) is 30.3 Å². The van der Waals surface area contributed by atoms with Gasteiger partial charge in [-0.3, -0.25) is 0 Å². The molecule has 4 heteroatoms. The molecular formula is C10H11Br2NSn. The van der Waals surface area contributed by atoms with Gasteiger partial charge in [0.1, 0.15) is 0 Å². The van der Waals surface area contributed by atoms with E-state index in [1.807, 2.05) is 6.07 Å². The third-order valence-corrected chi connectivity index (χ3v) is 19.6. The van der Waals surface area contributed by atoms with Crippen LogP contribution in [0.5, 0.6) is 0 Å². The van der Waals surface area contributed by atoms with Gasteiger partial charge in [-0.1, -0.05) is 0 Å². The normalized spacial score (nSPS) is 10.9. The van der Waals surface area contributed by atoms with Crippen molar-refractivity contribution in [1.29, 1.82) is 5.26 Å². The molecule has 1 nitrogen and oxygen atoms in total. The zero-order chi connectivity index (χ0) is 10.4. The van der Waals surface area contributed by atoms with Crippen LogP contribution in [0.3, 0.4) is 0 Å². The number of halogens is 2. The molecule has 0 spiro atoms. The first-order valence-corrected chi connectivity index (χ1v) is 20.7. The van der Waals surface area contributed by atoms with Crippen LogP contribution in [-0.2, 0) is 0 Å². The fourth-order valence-corrected chi connectivity index (χ4v) is 13.1. The fraction of sp³-hybridized carbons (Fsp3) is 0.300. The van der Waals surface area contributed by atoms with Gasteiger partial charge in [-0.15, -0.1) is 0 Å². The summed E-state index contributed by atoms with van der Waals surface area (Å²) in [6, 6.07) is 12.7. The average Bonchev–Trinajstić information content (AvgIpc) is 2.19. The molecule has 74 valence electrons. The van der Waals surface area contributed by atoms with Gasteiger partial charge in [-0.25, -0.2) is 0 Å². The number of unbranched alkanes of at least 4 members (excludes halogenated alkanes) is 1. The Labute approximate surface area is 101 Å². The second kappa shape index (κ2) is 6.14. The van der Waals surface area contributed by atoms with Crippen molar-refractivity contribution in [1.82, 2.24) is 0 Å². The van der Waals surface area contributed by atoms with Crippen LogP contribution in [0, 0.1) is 11.3 Å². The molecule has 0 saturated carbocycles. The molecule has 1 rings (SSSR count). The Hall–Kier alpha value is 0.469. The first-order chi connectivity index (χ1) is 6.67. The van der Waals surface area contributed by atoms with Gasteiger partial charge in [0, 0.05) is 0 Å². The Morgan fingerprint density at radius 1 is 1.21 bits per heavy atom. The molecule has 14 heavy (non-hydrogen) atoms. The van der Waals surface area contributed by atoms with Gasteiger partial charge in [0.15, 0.2) is 0 Å². The van der Waals surface area contributed by atoms with Gasteiger partial charge in [-0.05, 0) is 0 Å². The summed E-state index contributed by atoms with van der Waals surface area (Å²) in [6.45, 7) is 0. The van der Waals surface area contributed by atoms with E-state index in [4.69, 9.17) is 5.26 Å². The fourth-order valence-electron chi connectivity index (χ4n) is 1.22. The predicted molar refractivity (Wildman–Crippen MR) is 69.3 cm³/mol. The first kappa shape index (κ1) is 12.5. The molecule has 0 aromatic heterocycles. The Kier molecular flexibility index (Phi) is 5.50. The minimum absolute atomic E-state index is 0.655. The summed E-state index contributed by atoms with van der Waals surface area (Å²) in [5, 5.41) is 8.48. The molecule has 0 atom stereocenters. The van der Waals surface area contributed by atoms with Crippen LogP contribution < -0.4 is 3.58 Å². The molecule has 0 bridgehead atoms. The number of hydrogen-bond acceptors (Lipinski definition) is 1. The van der Waals surface area contributed by atoms with Crippen LogP contribution in [0.4, 0.5) is 0 Å². The van der Waals surface area contributed by atoms with Gasteiger partial charge in [0.2, 0.25) is 0 Å². The Morgan fingerprint density at radius 3 is 2.43 bits per heavy atom. The number of hydrogen-bond donors (Lipinski definition) is 0. The predicted octanol–water partition coefficient (Wildman–Crippen LogP) is 3.43. The SMILES string of the molecule is N#CCC[CH2][Sn]([Br])([Br])[c]1ccccc1. The molecule has 0 saturated heterocycles. The van der Waals surface area contributed by atoms with Crippen LogP contribution in [0.1, 0.15) is 12.8 Å². The maximum absolute atomic E-state index is 8.48. The van der Waals surface area contributed by atoms with E-state index in [2.05, 4.69) is 55.7 Å². The van der Waals surface area contributed by atoms with E-state index in [0.29, 0.717) is 6.42 Å². The maximum atomic E-state index is 8.48. The summed E-state index contributed by atoms with van der Waals surface area (Å²) in [7, 11) is 0. The second-order valence-electron chi connectivity index (χ2n) is 3.08. The van der Waals surface area contributed by atoms with Crippen molar-refractivity contribution < 1.29 is 0 Å². The molecule has 0 aliphatic carbocycles. The Bertz CT molecular complexity index is 319. The van der Waals surface area contributed by atoms with Gasteiger partial charge in [-0.2, -0.15) is 0 Å². The van der Waals surface area contributed by atoms with Gasteiger partial charge in [0.25, 0.3) is 0 Å². The van der Waals surface area contributed by atoms with Crippen LogP contribution in [-0.4, -0.2) is 13.9 Å². The molecule has 0 radical (unpaired) electrons. The van der Waals surface area contributed by atoms with Gasteiger partial charge >= 0.3 is 102 Å². The third kappa shape index (κ3) is 3.91. The standard InChI is InChI=1S/C6H5.C4H6N.2BrH.Sn/c1-2-4-6-5-3-1;1-2-3-4-5;;;/h1-5H;1-3H2;2*1H;/q;;;;+2/p-2. The van der Waals surface area contributed by atoms with Crippen molar-refractivity contribution >= 4 is 42.9 Å². The van der Waals surface area contributed by atoms with Crippen LogP contribution in [0.25, 0.3) is 0 Å². The van der Waals surface area contributed by atoms with E-state index < -0.39 is 13.9 Å². The first-order valence-electron chi connectivity index (χ1n) is 4.47. The molecular weight excluding hydrogens is 413 g/mol. The Morgan fingerprint density at radius 2 is 1.86 bits per heavy atom. The molecule has 0 fully saturated rings. The number of rotatable bonds is 4. The van der Waals surface area contributed by atoms with E-state index in [1.165, 1.54) is 3.58 Å². The topological polar surface area (TPSA) is 23.8 Å². The molecule has 0 aliphatic heterocycles. The molecule has 1 aromatic carbocycles. The van der Waals surface area contributed by atoms with Crippen molar-refractivity contribution in [3.8, 4) is 6.07 Å². The zero-order valence-electron chi connectivity index (χ0n) is 7.71. The summed E-state index contributed by atoms with van der Waals surface area (Å²) < 4.78 is 2.52. The average molecular weight is 424 g/mol. The van der Waals surface area contributed by atoms with Gasteiger partial charge in [0.05, 0.1) is 0 Å².